The maximum absolute atomic E-state index is 12.0. The Morgan fingerprint density at radius 1 is 1.07 bits per heavy atom. The van der Waals surface area contributed by atoms with Crippen molar-refractivity contribution in [2.75, 3.05) is 12.4 Å². The maximum Gasteiger partial charge on any atom is 0.344 e. The van der Waals surface area contributed by atoms with Gasteiger partial charge in [-0.2, -0.15) is 0 Å². The number of hydrogen-bond donors (Lipinski definition) is 0. The molecule has 0 aliphatic rings. The standard InChI is InChI=1S/C20H23ClO5S/c1-5-27(23,24)16-9-6-14(7-10-16)17-12-15(21)8-11-18(17)25-13-19(22)26-20(2,3)4/h6-12H,5,13H2,1-4H3. The molecule has 0 amide bonds. The number of carbonyl (C=O) groups excluding carboxylic acids is 1. The Kier molecular flexibility index (Phi) is 6.54. The topological polar surface area (TPSA) is 69.7 Å². The number of sulfone groups is 1. The Morgan fingerprint density at radius 2 is 1.70 bits per heavy atom. The lowest BCUT2D eigenvalue weighted by atomic mass is 10.0. The summed E-state index contributed by atoms with van der Waals surface area (Å²) in [4.78, 5) is 12.2. The van der Waals surface area contributed by atoms with Crippen molar-refractivity contribution in [2.24, 2.45) is 0 Å². The largest absolute Gasteiger partial charge is 0.481 e. The first-order valence-electron chi connectivity index (χ1n) is 8.49. The molecule has 0 saturated heterocycles. The highest BCUT2D eigenvalue weighted by Gasteiger charge is 2.18. The summed E-state index contributed by atoms with van der Waals surface area (Å²) in [6, 6.07) is 11.5. The van der Waals surface area contributed by atoms with Gasteiger partial charge < -0.3 is 9.47 Å². The molecule has 0 fully saturated rings. The van der Waals surface area contributed by atoms with E-state index in [1.165, 1.54) is 0 Å². The van der Waals surface area contributed by atoms with Crippen LogP contribution in [0, 0.1) is 0 Å². The summed E-state index contributed by atoms with van der Waals surface area (Å²) in [5, 5.41) is 0.500. The summed E-state index contributed by atoms with van der Waals surface area (Å²) < 4.78 is 34.8. The van der Waals surface area contributed by atoms with Crippen molar-refractivity contribution >= 4 is 27.4 Å². The molecule has 0 atom stereocenters. The molecule has 7 heteroatoms. The average Bonchev–Trinajstić information content (AvgIpc) is 2.59. The van der Waals surface area contributed by atoms with Gasteiger partial charge in [0.05, 0.1) is 10.6 Å². The molecule has 2 aromatic rings. The van der Waals surface area contributed by atoms with Gasteiger partial charge in [0, 0.05) is 10.6 Å². The molecule has 0 saturated carbocycles. The molecule has 2 rings (SSSR count). The van der Waals surface area contributed by atoms with E-state index in [9.17, 15) is 13.2 Å². The summed E-state index contributed by atoms with van der Waals surface area (Å²) in [6.45, 7) is 6.70. The number of carbonyl (C=O) groups is 1. The fourth-order valence-electron chi connectivity index (χ4n) is 2.37. The van der Waals surface area contributed by atoms with Gasteiger partial charge in [0.25, 0.3) is 0 Å². The van der Waals surface area contributed by atoms with Crippen molar-refractivity contribution in [1.82, 2.24) is 0 Å². The van der Waals surface area contributed by atoms with E-state index in [1.807, 2.05) is 0 Å². The highest BCUT2D eigenvalue weighted by atomic mass is 35.5. The molecule has 0 radical (unpaired) electrons. The van der Waals surface area contributed by atoms with Crippen molar-refractivity contribution in [3.05, 3.63) is 47.5 Å². The fraction of sp³-hybridized carbons (Fsp3) is 0.350. The van der Waals surface area contributed by atoms with Gasteiger partial charge in [0.2, 0.25) is 0 Å². The van der Waals surface area contributed by atoms with E-state index in [-0.39, 0.29) is 17.3 Å². The zero-order valence-electron chi connectivity index (χ0n) is 15.8. The van der Waals surface area contributed by atoms with Crippen LogP contribution < -0.4 is 4.74 Å². The first-order chi connectivity index (χ1) is 12.5. The van der Waals surface area contributed by atoms with E-state index >= 15 is 0 Å². The van der Waals surface area contributed by atoms with Gasteiger partial charge in [-0.15, -0.1) is 0 Å². The molecule has 2 aromatic carbocycles. The Morgan fingerprint density at radius 3 is 2.26 bits per heavy atom. The molecule has 146 valence electrons. The predicted molar refractivity (Wildman–Crippen MR) is 106 cm³/mol. The third-order valence-electron chi connectivity index (χ3n) is 3.61. The second-order valence-corrected chi connectivity index (χ2v) is 9.66. The van der Waals surface area contributed by atoms with Gasteiger partial charge in [-0.1, -0.05) is 30.7 Å². The second-order valence-electron chi connectivity index (χ2n) is 6.94. The summed E-state index contributed by atoms with van der Waals surface area (Å²) in [7, 11) is -3.27. The molecular weight excluding hydrogens is 388 g/mol. The van der Waals surface area contributed by atoms with E-state index in [0.717, 1.165) is 5.56 Å². The lowest BCUT2D eigenvalue weighted by Gasteiger charge is -2.20. The molecular formula is C20H23ClO5S. The Hall–Kier alpha value is -2.05. The van der Waals surface area contributed by atoms with Gasteiger partial charge in [-0.05, 0) is 56.7 Å². The minimum atomic E-state index is -3.27. The Labute approximate surface area is 165 Å². The van der Waals surface area contributed by atoms with Crippen LogP contribution in [0.2, 0.25) is 5.02 Å². The van der Waals surface area contributed by atoms with Crippen molar-refractivity contribution in [1.29, 1.82) is 0 Å². The summed E-state index contributed by atoms with van der Waals surface area (Å²) >= 11 is 6.10. The van der Waals surface area contributed by atoms with E-state index in [1.54, 1.807) is 70.2 Å². The number of halogens is 1. The van der Waals surface area contributed by atoms with Crippen LogP contribution >= 0.6 is 11.6 Å². The first kappa shape index (κ1) is 21.3. The van der Waals surface area contributed by atoms with Crippen molar-refractivity contribution in [3.63, 3.8) is 0 Å². The third-order valence-corrected chi connectivity index (χ3v) is 5.60. The molecule has 0 bridgehead atoms. The monoisotopic (exact) mass is 410 g/mol. The normalized spacial score (nSPS) is 11.9. The lowest BCUT2D eigenvalue weighted by Crippen LogP contribution is -2.27. The minimum absolute atomic E-state index is 0.0355. The van der Waals surface area contributed by atoms with Gasteiger partial charge in [0.15, 0.2) is 16.4 Å². The Balaban J connectivity index is 2.27. The highest BCUT2D eigenvalue weighted by Crippen LogP contribution is 2.33. The highest BCUT2D eigenvalue weighted by molar-refractivity contribution is 7.91. The summed E-state index contributed by atoms with van der Waals surface area (Å²) in [5.41, 5.74) is 0.794. The number of rotatable bonds is 6. The molecule has 0 aliphatic carbocycles. The molecule has 0 heterocycles. The molecule has 0 unspecified atom stereocenters. The van der Waals surface area contributed by atoms with Gasteiger partial charge in [-0.25, -0.2) is 13.2 Å². The lowest BCUT2D eigenvalue weighted by molar-refractivity contribution is -0.157. The van der Waals surface area contributed by atoms with Gasteiger partial charge in [0.1, 0.15) is 11.4 Å². The van der Waals surface area contributed by atoms with E-state index < -0.39 is 21.4 Å². The minimum Gasteiger partial charge on any atom is -0.481 e. The first-order valence-corrected chi connectivity index (χ1v) is 10.5. The van der Waals surface area contributed by atoms with Gasteiger partial charge >= 0.3 is 5.97 Å². The SMILES string of the molecule is CCS(=O)(=O)c1ccc(-c2cc(Cl)ccc2OCC(=O)OC(C)(C)C)cc1. The summed E-state index contributed by atoms with van der Waals surface area (Å²) in [6.07, 6.45) is 0. The molecule has 0 spiro atoms. The van der Waals surface area contributed by atoms with Crippen LogP contribution in [-0.4, -0.2) is 32.3 Å². The van der Waals surface area contributed by atoms with Crippen LogP contribution in [-0.2, 0) is 19.4 Å². The molecule has 0 N–H and O–H groups in total. The zero-order valence-corrected chi connectivity index (χ0v) is 17.4. The second kappa shape index (κ2) is 8.31. The average molecular weight is 411 g/mol. The maximum atomic E-state index is 12.0. The van der Waals surface area contributed by atoms with Crippen molar-refractivity contribution < 1.29 is 22.7 Å². The Bertz CT molecular complexity index is 912. The van der Waals surface area contributed by atoms with Crippen LogP contribution in [0.1, 0.15) is 27.7 Å². The van der Waals surface area contributed by atoms with E-state index in [2.05, 4.69) is 0 Å². The van der Waals surface area contributed by atoms with Crippen LogP contribution in [0.3, 0.4) is 0 Å². The van der Waals surface area contributed by atoms with E-state index in [4.69, 9.17) is 21.1 Å². The fourth-order valence-corrected chi connectivity index (χ4v) is 3.43. The van der Waals surface area contributed by atoms with Crippen LogP contribution in [0.5, 0.6) is 5.75 Å². The number of esters is 1. The number of ether oxygens (including phenoxy) is 2. The van der Waals surface area contributed by atoms with Crippen LogP contribution in [0.15, 0.2) is 47.4 Å². The van der Waals surface area contributed by atoms with E-state index in [0.29, 0.717) is 16.3 Å². The quantitative estimate of drug-likeness (QED) is 0.655. The van der Waals surface area contributed by atoms with Crippen molar-refractivity contribution in [3.8, 4) is 16.9 Å². The number of hydrogen-bond acceptors (Lipinski definition) is 5. The molecule has 27 heavy (non-hydrogen) atoms. The molecule has 5 nitrogen and oxygen atoms in total. The molecule has 0 aliphatic heterocycles. The number of benzene rings is 2. The van der Waals surface area contributed by atoms with Crippen LogP contribution in [0.4, 0.5) is 0 Å². The third kappa shape index (κ3) is 5.97. The molecule has 0 aromatic heterocycles. The smallest absolute Gasteiger partial charge is 0.344 e. The summed E-state index contributed by atoms with van der Waals surface area (Å²) in [5.74, 6) is 0.0115. The van der Waals surface area contributed by atoms with Crippen molar-refractivity contribution in [2.45, 2.75) is 38.2 Å². The van der Waals surface area contributed by atoms with Gasteiger partial charge in [-0.3, -0.25) is 0 Å². The zero-order chi connectivity index (χ0) is 20.2. The predicted octanol–water partition coefficient (Wildman–Crippen LogP) is 4.52. The van der Waals surface area contributed by atoms with Crippen LogP contribution in [0.25, 0.3) is 11.1 Å².